The minimum atomic E-state index is -4.40. The number of rotatable bonds is 17. The van der Waals surface area contributed by atoms with Crippen LogP contribution in [0.25, 0.3) is 0 Å². The van der Waals surface area contributed by atoms with Crippen molar-refractivity contribution in [1.82, 2.24) is 10.6 Å². The molecule has 3 unspecified atom stereocenters. The molecule has 0 aliphatic rings. The van der Waals surface area contributed by atoms with E-state index in [1.807, 2.05) is 0 Å². The number of aliphatic carboxylic acids is 2. The Morgan fingerprint density at radius 2 is 1.56 bits per heavy atom. The van der Waals surface area contributed by atoms with Crippen molar-refractivity contribution in [1.29, 1.82) is 0 Å². The van der Waals surface area contributed by atoms with Crippen LogP contribution in [-0.2, 0) is 34.1 Å². The van der Waals surface area contributed by atoms with Crippen LogP contribution < -0.4 is 10.6 Å². The van der Waals surface area contributed by atoms with Crippen molar-refractivity contribution in [2.75, 3.05) is 12.3 Å². The van der Waals surface area contributed by atoms with E-state index < -0.39 is 63.8 Å². The predicted molar refractivity (Wildman–Crippen MR) is 112 cm³/mol. The average molecular weight is 481 g/mol. The molecule has 0 aromatic carbocycles. The monoisotopic (exact) mass is 480 g/mol. The summed E-state index contributed by atoms with van der Waals surface area (Å²) in [6.07, 6.45) is 0.308. The lowest BCUT2D eigenvalue weighted by Gasteiger charge is -2.17. The molecule has 0 saturated heterocycles. The molecule has 0 rings (SSSR count). The van der Waals surface area contributed by atoms with Gasteiger partial charge in [0.15, 0.2) is 0 Å². The summed E-state index contributed by atoms with van der Waals surface area (Å²) in [5.74, 6) is -7.31. The summed E-state index contributed by atoms with van der Waals surface area (Å²) in [4.78, 5) is 58.0. The smallest absolute Gasteiger partial charge is 0.326 e. The van der Waals surface area contributed by atoms with Crippen LogP contribution in [0.4, 0.5) is 0 Å². The zero-order valence-electron chi connectivity index (χ0n) is 18.2. The van der Waals surface area contributed by atoms with Crippen LogP contribution in [0.1, 0.15) is 58.8 Å². The fraction of sp³-hybridized carbons (Fsp3) is 0.737. The van der Waals surface area contributed by atoms with Gasteiger partial charge in [-0.1, -0.05) is 13.8 Å². The van der Waals surface area contributed by atoms with Gasteiger partial charge in [0.25, 0.3) is 10.1 Å². The third-order valence-electron chi connectivity index (χ3n) is 4.72. The van der Waals surface area contributed by atoms with Gasteiger partial charge in [-0.25, -0.2) is 4.79 Å². The summed E-state index contributed by atoms with van der Waals surface area (Å²) in [5, 5.41) is 23.5. The van der Waals surface area contributed by atoms with Crippen LogP contribution in [0.2, 0.25) is 0 Å². The van der Waals surface area contributed by atoms with Crippen molar-refractivity contribution in [2.24, 2.45) is 11.8 Å². The van der Waals surface area contributed by atoms with E-state index >= 15 is 0 Å². The van der Waals surface area contributed by atoms with Crippen molar-refractivity contribution in [3.05, 3.63) is 0 Å². The van der Waals surface area contributed by atoms with Gasteiger partial charge in [0, 0.05) is 31.7 Å². The number of carboxylic acids is 2. The summed E-state index contributed by atoms with van der Waals surface area (Å²) in [5.41, 5.74) is 0. The Labute approximate surface area is 186 Å². The highest BCUT2D eigenvalue weighted by atomic mass is 32.2. The Morgan fingerprint density at radius 3 is 2.06 bits per heavy atom. The molecule has 13 heteroatoms. The molecule has 0 aliphatic carbocycles. The molecule has 0 aromatic heterocycles. The van der Waals surface area contributed by atoms with Crippen molar-refractivity contribution >= 4 is 39.7 Å². The number of carbonyl (C=O) groups is 5. The second-order valence-electron chi connectivity index (χ2n) is 7.55. The summed E-state index contributed by atoms with van der Waals surface area (Å²) >= 11 is 0. The Balaban J connectivity index is 4.61. The molecule has 0 saturated carbocycles. The van der Waals surface area contributed by atoms with E-state index in [9.17, 15) is 42.6 Å². The van der Waals surface area contributed by atoms with E-state index in [1.54, 1.807) is 6.92 Å². The maximum Gasteiger partial charge on any atom is 0.326 e. The van der Waals surface area contributed by atoms with Gasteiger partial charge in [-0.15, -0.1) is 0 Å². The quantitative estimate of drug-likeness (QED) is 0.141. The maximum atomic E-state index is 12.1. The summed E-state index contributed by atoms with van der Waals surface area (Å²) < 4.78 is 30.5. The molecule has 0 spiro atoms. The van der Waals surface area contributed by atoms with Crippen molar-refractivity contribution < 1.29 is 47.2 Å². The van der Waals surface area contributed by atoms with Crippen molar-refractivity contribution in [3.8, 4) is 0 Å². The van der Waals surface area contributed by atoms with Crippen molar-refractivity contribution in [2.45, 2.75) is 64.8 Å². The van der Waals surface area contributed by atoms with Crippen LogP contribution in [-0.4, -0.2) is 71.1 Å². The van der Waals surface area contributed by atoms with E-state index in [-0.39, 0.29) is 25.2 Å². The number of ketones is 1. The first-order chi connectivity index (χ1) is 14.8. The summed E-state index contributed by atoms with van der Waals surface area (Å²) in [6.45, 7) is 3.33. The minimum absolute atomic E-state index is 0.119. The first kappa shape index (κ1) is 29.5. The second-order valence-corrected chi connectivity index (χ2v) is 9.05. The molecular formula is C19H32N2O10S. The topological polar surface area (TPSA) is 204 Å². The summed E-state index contributed by atoms with van der Waals surface area (Å²) in [7, 11) is -4.40. The second kappa shape index (κ2) is 14.5. The van der Waals surface area contributed by atoms with Crippen LogP contribution in [0.5, 0.6) is 0 Å². The lowest BCUT2D eigenvalue weighted by molar-refractivity contribution is -0.145. The predicted octanol–water partition coefficient (Wildman–Crippen LogP) is 0.216. The molecular weight excluding hydrogens is 448 g/mol. The fourth-order valence-corrected chi connectivity index (χ4v) is 3.64. The normalized spacial score (nSPS) is 14.1. The largest absolute Gasteiger partial charge is 0.481 e. The zero-order valence-corrected chi connectivity index (χ0v) is 19.0. The number of nitrogens with one attached hydrogen (secondary N) is 2. The molecule has 3 atom stereocenters. The number of carboxylic acid groups (broad SMARTS) is 2. The van der Waals surface area contributed by atoms with Gasteiger partial charge in [0.2, 0.25) is 11.8 Å². The van der Waals surface area contributed by atoms with Gasteiger partial charge in [0.1, 0.15) is 11.8 Å². The third kappa shape index (κ3) is 13.7. The van der Waals surface area contributed by atoms with Crippen LogP contribution >= 0.6 is 0 Å². The molecule has 5 N–H and O–H groups in total. The highest BCUT2D eigenvalue weighted by Gasteiger charge is 2.27. The number of hydrogen-bond donors (Lipinski definition) is 5. The van der Waals surface area contributed by atoms with Gasteiger partial charge >= 0.3 is 11.9 Å². The molecule has 2 amide bonds. The molecule has 0 bridgehead atoms. The maximum absolute atomic E-state index is 12.1. The molecule has 0 aliphatic heterocycles. The van der Waals surface area contributed by atoms with Crippen molar-refractivity contribution in [3.63, 3.8) is 0 Å². The Bertz CT molecular complexity index is 781. The Hall–Kier alpha value is -2.54. The Kier molecular flexibility index (Phi) is 13.4. The third-order valence-corrected chi connectivity index (χ3v) is 5.64. The number of hydrogen-bond acceptors (Lipinski definition) is 7. The van der Waals surface area contributed by atoms with Gasteiger partial charge in [-0.2, -0.15) is 8.42 Å². The lowest BCUT2D eigenvalue weighted by Crippen LogP contribution is -2.41. The summed E-state index contributed by atoms with van der Waals surface area (Å²) in [6, 6.07) is -1.18. The molecule has 0 aromatic rings. The lowest BCUT2D eigenvalue weighted by atomic mass is 9.92. The van der Waals surface area contributed by atoms with E-state index in [1.165, 1.54) is 6.92 Å². The van der Waals surface area contributed by atoms with Gasteiger partial charge in [-0.05, 0) is 25.7 Å². The number of amides is 2. The molecule has 0 fully saturated rings. The number of Topliss-reactive ketones (excluding diaryl/α,β-unsaturated/α-hetero) is 1. The number of unbranched alkanes of at least 4 members (excludes halogenated alkanes) is 1. The van der Waals surface area contributed by atoms with Crippen LogP contribution in [0.3, 0.4) is 0 Å². The minimum Gasteiger partial charge on any atom is -0.481 e. The highest BCUT2D eigenvalue weighted by Crippen LogP contribution is 2.17. The molecule has 32 heavy (non-hydrogen) atoms. The van der Waals surface area contributed by atoms with E-state index in [4.69, 9.17) is 4.55 Å². The van der Waals surface area contributed by atoms with Gasteiger partial charge in [-0.3, -0.25) is 23.7 Å². The fourth-order valence-electron chi connectivity index (χ4n) is 2.82. The van der Waals surface area contributed by atoms with E-state index in [0.29, 0.717) is 25.8 Å². The van der Waals surface area contributed by atoms with E-state index in [0.717, 1.165) is 0 Å². The first-order valence-corrected chi connectivity index (χ1v) is 11.9. The molecule has 12 nitrogen and oxygen atoms in total. The SMILES string of the molecule is CCC(=O)NCCCCC(NC(=O)CCC(CC(=O)C(C)CS(=O)(=O)O)C(=O)O)C(=O)O. The molecule has 184 valence electrons. The van der Waals surface area contributed by atoms with Gasteiger partial charge in [0.05, 0.1) is 11.7 Å². The van der Waals surface area contributed by atoms with Crippen LogP contribution in [0, 0.1) is 11.8 Å². The number of carbonyl (C=O) groups excluding carboxylic acids is 3. The molecule has 0 radical (unpaired) electrons. The van der Waals surface area contributed by atoms with Crippen LogP contribution in [0.15, 0.2) is 0 Å². The zero-order chi connectivity index (χ0) is 24.9. The Morgan fingerprint density at radius 1 is 0.938 bits per heavy atom. The first-order valence-electron chi connectivity index (χ1n) is 10.3. The van der Waals surface area contributed by atoms with Gasteiger partial charge < -0.3 is 20.8 Å². The van der Waals surface area contributed by atoms with E-state index in [2.05, 4.69) is 10.6 Å². The average Bonchev–Trinajstić information content (AvgIpc) is 2.67. The molecule has 0 heterocycles. The highest BCUT2D eigenvalue weighted by molar-refractivity contribution is 7.85. The standard InChI is InChI=1S/C19H32N2O10S/c1-3-16(23)20-9-5-4-6-14(19(27)28)21-17(24)8-7-13(18(25)26)10-15(22)12(2)11-32(29,30)31/h12-14H,3-11H2,1-2H3,(H,20,23)(H,21,24)(H,25,26)(H,27,28)(H,29,30,31).